The van der Waals surface area contributed by atoms with Crippen LogP contribution in [0.2, 0.25) is 0 Å². The quantitative estimate of drug-likeness (QED) is 0.916. The zero-order chi connectivity index (χ0) is 14.7. The molecule has 0 heterocycles. The molecular formula is C16H23BrN2O. The summed E-state index contributed by atoms with van der Waals surface area (Å²) in [7, 11) is 0. The lowest BCUT2D eigenvalue weighted by atomic mass is 9.90. The predicted molar refractivity (Wildman–Crippen MR) is 85.8 cm³/mol. The highest BCUT2D eigenvalue weighted by Crippen LogP contribution is 2.25. The summed E-state index contributed by atoms with van der Waals surface area (Å²) in [5.74, 6) is 0.145. The smallest absolute Gasteiger partial charge is 0.254 e. The van der Waals surface area contributed by atoms with Crippen molar-refractivity contribution in [3.8, 4) is 0 Å². The molecular weight excluding hydrogens is 316 g/mol. The van der Waals surface area contributed by atoms with E-state index < -0.39 is 0 Å². The third-order valence-electron chi connectivity index (χ3n) is 4.21. The summed E-state index contributed by atoms with van der Waals surface area (Å²) >= 11 is 3.45. The molecule has 0 aromatic heterocycles. The van der Waals surface area contributed by atoms with Gasteiger partial charge in [-0.1, -0.05) is 22.0 Å². The van der Waals surface area contributed by atoms with Gasteiger partial charge in [0.1, 0.15) is 0 Å². The van der Waals surface area contributed by atoms with E-state index >= 15 is 0 Å². The van der Waals surface area contributed by atoms with Crippen LogP contribution in [0.25, 0.3) is 0 Å². The van der Waals surface area contributed by atoms with Crippen LogP contribution in [-0.2, 0) is 0 Å². The summed E-state index contributed by atoms with van der Waals surface area (Å²) in [5.41, 5.74) is 7.79. The second-order valence-corrected chi connectivity index (χ2v) is 6.53. The molecule has 20 heavy (non-hydrogen) atoms. The Labute approximate surface area is 129 Å². The van der Waals surface area contributed by atoms with Gasteiger partial charge in [-0.3, -0.25) is 4.79 Å². The largest absolute Gasteiger partial charge is 0.336 e. The average molecular weight is 339 g/mol. The molecule has 0 aliphatic heterocycles. The van der Waals surface area contributed by atoms with Crippen molar-refractivity contribution in [1.82, 2.24) is 4.90 Å². The molecule has 0 atom stereocenters. The number of carbonyl (C=O) groups is 1. The first-order valence-electron chi connectivity index (χ1n) is 7.35. The normalized spacial score (nSPS) is 22.6. The van der Waals surface area contributed by atoms with Crippen molar-refractivity contribution in [3.63, 3.8) is 0 Å². The lowest BCUT2D eigenvalue weighted by Crippen LogP contribution is -2.44. The van der Waals surface area contributed by atoms with Crippen LogP contribution < -0.4 is 5.73 Å². The predicted octanol–water partition coefficient (Wildman–Crippen LogP) is 3.49. The Balaban J connectivity index is 2.18. The summed E-state index contributed by atoms with van der Waals surface area (Å²) in [6.07, 6.45) is 4.08. The molecule has 0 saturated heterocycles. The highest BCUT2D eigenvalue weighted by atomic mass is 79.9. The number of hydrogen-bond acceptors (Lipinski definition) is 2. The van der Waals surface area contributed by atoms with Crippen molar-refractivity contribution in [3.05, 3.63) is 33.8 Å². The van der Waals surface area contributed by atoms with E-state index in [0.717, 1.165) is 47.8 Å². The first-order valence-corrected chi connectivity index (χ1v) is 8.15. The van der Waals surface area contributed by atoms with Crippen LogP contribution in [0.1, 0.15) is 48.5 Å². The van der Waals surface area contributed by atoms with Gasteiger partial charge in [0.25, 0.3) is 5.91 Å². The lowest BCUT2D eigenvalue weighted by molar-refractivity contribution is 0.0640. The molecule has 1 fully saturated rings. The van der Waals surface area contributed by atoms with Crippen LogP contribution in [-0.4, -0.2) is 29.4 Å². The number of carbonyl (C=O) groups excluding carboxylic acids is 1. The maximum Gasteiger partial charge on any atom is 0.254 e. The van der Waals surface area contributed by atoms with E-state index in [1.165, 1.54) is 0 Å². The van der Waals surface area contributed by atoms with Gasteiger partial charge in [0.15, 0.2) is 0 Å². The van der Waals surface area contributed by atoms with Gasteiger partial charge in [0.2, 0.25) is 0 Å². The molecule has 4 heteroatoms. The Bertz CT molecular complexity index is 481. The Morgan fingerprint density at radius 1 is 1.35 bits per heavy atom. The van der Waals surface area contributed by atoms with Gasteiger partial charge in [-0.05, 0) is 57.2 Å². The Morgan fingerprint density at radius 3 is 2.60 bits per heavy atom. The Morgan fingerprint density at radius 2 is 2.00 bits per heavy atom. The molecule has 2 rings (SSSR count). The monoisotopic (exact) mass is 338 g/mol. The zero-order valence-corrected chi connectivity index (χ0v) is 13.8. The number of halogens is 1. The second-order valence-electron chi connectivity index (χ2n) is 5.62. The van der Waals surface area contributed by atoms with Gasteiger partial charge in [-0.25, -0.2) is 0 Å². The van der Waals surface area contributed by atoms with Gasteiger partial charge in [-0.15, -0.1) is 0 Å². The first kappa shape index (κ1) is 15.5. The molecule has 1 aromatic rings. The minimum absolute atomic E-state index is 0.145. The van der Waals surface area contributed by atoms with E-state index in [2.05, 4.69) is 22.9 Å². The number of benzene rings is 1. The van der Waals surface area contributed by atoms with Gasteiger partial charge in [-0.2, -0.15) is 0 Å². The number of aryl methyl sites for hydroxylation is 1. The molecule has 0 spiro atoms. The van der Waals surface area contributed by atoms with E-state index in [4.69, 9.17) is 5.73 Å². The molecule has 1 aliphatic rings. The van der Waals surface area contributed by atoms with E-state index in [1.54, 1.807) is 0 Å². The Kier molecular flexibility index (Phi) is 5.22. The van der Waals surface area contributed by atoms with Gasteiger partial charge in [0.05, 0.1) is 0 Å². The summed E-state index contributed by atoms with van der Waals surface area (Å²) in [6.45, 7) is 4.80. The standard InChI is InChI=1S/C16H23BrN2O/c1-3-19(14-8-6-13(18)7-9-14)16(20)15-10-12(17)5-4-11(15)2/h4-5,10,13-14H,3,6-9,18H2,1-2H3. The third kappa shape index (κ3) is 3.41. The fraction of sp³-hybridized carbons (Fsp3) is 0.562. The minimum atomic E-state index is 0.145. The zero-order valence-electron chi connectivity index (χ0n) is 12.2. The van der Waals surface area contributed by atoms with E-state index in [1.807, 2.05) is 30.0 Å². The van der Waals surface area contributed by atoms with Crippen LogP contribution in [0.3, 0.4) is 0 Å². The topological polar surface area (TPSA) is 46.3 Å². The van der Waals surface area contributed by atoms with Crippen LogP contribution >= 0.6 is 15.9 Å². The average Bonchev–Trinajstić information content (AvgIpc) is 2.44. The lowest BCUT2D eigenvalue weighted by Gasteiger charge is -2.35. The maximum absolute atomic E-state index is 12.8. The molecule has 1 saturated carbocycles. The summed E-state index contributed by atoms with van der Waals surface area (Å²) in [4.78, 5) is 14.8. The number of nitrogens with zero attached hydrogens (tertiary/aromatic N) is 1. The number of amides is 1. The molecule has 1 aliphatic carbocycles. The number of rotatable bonds is 3. The van der Waals surface area contributed by atoms with E-state index in [9.17, 15) is 4.79 Å². The first-order chi connectivity index (χ1) is 9.52. The molecule has 0 bridgehead atoms. The maximum atomic E-state index is 12.8. The van der Waals surface area contributed by atoms with Crippen LogP contribution in [0.4, 0.5) is 0 Å². The van der Waals surface area contributed by atoms with Gasteiger partial charge >= 0.3 is 0 Å². The summed E-state index contributed by atoms with van der Waals surface area (Å²) in [5, 5.41) is 0. The van der Waals surface area contributed by atoms with Crippen LogP contribution in [0.5, 0.6) is 0 Å². The van der Waals surface area contributed by atoms with Gasteiger partial charge < -0.3 is 10.6 Å². The van der Waals surface area contributed by atoms with E-state index in [-0.39, 0.29) is 5.91 Å². The minimum Gasteiger partial charge on any atom is -0.336 e. The SMILES string of the molecule is CCN(C(=O)c1cc(Br)ccc1C)C1CCC(N)CC1. The summed E-state index contributed by atoms with van der Waals surface area (Å²) < 4.78 is 0.952. The van der Waals surface area contributed by atoms with Gasteiger partial charge in [0, 0.05) is 28.7 Å². The number of nitrogens with two attached hydrogens (primary N) is 1. The van der Waals surface area contributed by atoms with Crippen molar-refractivity contribution in [2.45, 2.75) is 51.6 Å². The molecule has 110 valence electrons. The molecule has 0 unspecified atom stereocenters. The fourth-order valence-corrected chi connectivity index (χ4v) is 3.32. The highest BCUT2D eigenvalue weighted by molar-refractivity contribution is 9.10. The van der Waals surface area contributed by atoms with E-state index in [0.29, 0.717) is 12.1 Å². The molecule has 3 nitrogen and oxygen atoms in total. The van der Waals surface area contributed by atoms with Crippen molar-refractivity contribution in [1.29, 1.82) is 0 Å². The Hall–Kier alpha value is -0.870. The fourth-order valence-electron chi connectivity index (χ4n) is 2.96. The molecule has 1 aromatic carbocycles. The van der Waals surface area contributed by atoms with Crippen molar-refractivity contribution < 1.29 is 4.79 Å². The molecule has 1 amide bonds. The second kappa shape index (κ2) is 6.72. The van der Waals surface area contributed by atoms with Crippen molar-refractivity contribution in [2.24, 2.45) is 5.73 Å². The molecule has 2 N–H and O–H groups in total. The highest BCUT2D eigenvalue weighted by Gasteiger charge is 2.27. The summed E-state index contributed by atoms with van der Waals surface area (Å²) in [6, 6.07) is 6.54. The molecule has 0 radical (unpaired) electrons. The van der Waals surface area contributed by atoms with Crippen LogP contribution in [0.15, 0.2) is 22.7 Å². The van der Waals surface area contributed by atoms with Crippen LogP contribution in [0, 0.1) is 6.92 Å². The third-order valence-corrected chi connectivity index (χ3v) is 4.71. The van der Waals surface area contributed by atoms with Crippen molar-refractivity contribution >= 4 is 21.8 Å². The van der Waals surface area contributed by atoms with Crippen molar-refractivity contribution in [2.75, 3.05) is 6.54 Å². The number of hydrogen-bond donors (Lipinski definition) is 1.